The molecule has 0 radical (unpaired) electrons. The first-order chi connectivity index (χ1) is 14.4. The lowest BCUT2D eigenvalue weighted by Crippen LogP contribution is -2.50. The van der Waals surface area contributed by atoms with Crippen molar-refractivity contribution in [2.45, 2.75) is 52.6 Å². The molecule has 0 unspecified atom stereocenters. The van der Waals surface area contributed by atoms with Crippen molar-refractivity contribution in [2.75, 3.05) is 13.2 Å². The van der Waals surface area contributed by atoms with Crippen molar-refractivity contribution in [2.24, 2.45) is 0 Å². The van der Waals surface area contributed by atoms with E-state index in [1.807, 2.05) is 38.1 Å². The van der Waals surface area contributed by atoms with Crippen LogP contribution in [0.1, 0.15) is 44.2 Å². The molecule has 0 bridgehead atoms. The first kappa shape index (κ1) is 23.4. The quantitative estimate of drug-likeness (QED) is 0.560. The molecule has 2 aromatic rings. The molecule has 1 N–H and O–H groups in total. The number of halogens is 1. The van der Waals surface area contributed by atoms with Gasteiger partial charge in [-0.1, -0.05) is 50.1 Å². The first-order valence-corrected chi connectivity index (χ1v) is 10.5. The van der Waals surface area contributed by atoms with Crippen LogP contribution in [0, 0.1) is 12.7 Å². The average Bonchev–Trinajstić information content (AvgIpc) is 2.74. The molecule has 0 spiro atoms. The van der Waals surface area contributed by atoms with Gasteiger partial charge >= 0.3 is 0 Å². The fourth-order valence-electron chi connectivity index (χ4n) is 3.07. The molecule has 0 saturated carbocycles. The lowest BCUT2D eigenvalue weighted by Gasteiger charge is -2.30. The minimum Gasteiger partial charge on any atom is -0.484 e. The van der Waals surface area contributed by atoms with E-state index >= 15 is 0 Å². The van der Waals surface area contributed by atoms with E-state index in [-0.39, 0.29) is 30.8 Å². The predicted octanol–water partition coefficient (Wildman–Crippen LogP) is 4.24. The van der Waals surface area contributed by atoms with Crippen LogP contribution in [0.2, 0.25) is 0 Å². The minimum absolute atomic E-state index is 0.178. The van der Waals surface area contributed by atoms with E-state index in [9.17, 15) is 14.0 Å². The molecule has 2 rings (SSSR count). The maximum absolute atomic E-state index is 13.3. The van der Waals surface area contributed by atoms with E-state index in [2.05, 4.69) is 12.2 Å². The summed E-state index contributed by atoms with van der Waals surface area (Å²) in [7, 11) is 0. The Morgan fingerprint density at radius 1 is 1.07 bits per heavy atom. The van der Waals surface area contributed by atoms with E-state index in [4.69, 9.17) is 4.74 Å². The Morgan fingerprint density at radius 2 is 1.73 bits per heavy atom. The summed E-state index contributed by atoms with van der Waals surface area (Å²) in [5.41, 5.74) is 1.85. The van der Waals surface area contributed by atoms with Crippen LogP contribution < -0.4 is 10.1 Å². The number of ether oxygens (including phenoxy) is 1. The maximum Gasteiger partial charge on any atom is 0.261 e. The van der Waals surface area contributed by atoms with E-state index in [0.29, 0.717) is 18.7 Å². The molecule has 6 heteroatoms. The number of carbonyl (C=O) groups excluding carboxylic acids is 2. The molecule has 30 heavy (non-hydrogen) atoms. The number of nitrogens with zero attached hydrogens (tertiary/aromatic N) is 1. The summed E-state index contributed by atoms with van der Waals surface area (Å²) in [5.74, 6) is -0.228. The standard InChI is InChI=1S/C24H31FN2O3/c1-4-6-15-26-24(29)22(5-2)27(16-19-9-11-20(25)12-10-19)23(28)17-30-21-13-7-18(3)8-14-21/h7-14,22H,4-6,15-17H2,1-3H3,(H,26,29)/t22-/m0/s1. The van der Waals surface area contributed by atoms with Crippen molar-refractivity contribution < 1.29 is 18.7 Å². The molecule has 0 aromatic heterocycles. The summed E-state index contributed by atoms with van der Waals surface area (Å²) in [6.07, 6.45) is 2.32. The summed E-state index contributed by atoms with van der Waals surface area (Å²) in [6, 6.07) is 12.8. The zero-order valence-electron chi connectivity index (χ0n) is 18.0. The Kier molecular flexibility index (Phi) is 9.32. The molecule has 0 aliphatic heterocycles. The van der Waals surface area contributed by atoms with Crippen LogP contribution in [0.15, 0.2) is 48.5 Å². The monoisotopic (exact) mass is 414 g/mol. The number of unbranched alkanes of at least 4 members (excludes halogenated alkanes) is 1. The normalized spacial score (nSPS) is 11.6. The van der Waals surface area contributed by atoms with E-state index in [1.165, 1.54) is 17.0 Å². The fourth-order valence-corrected chi connectivity index (χ4v) is 3.07. The van der Waals surface area contributed by atoms with E-state index < -0.39 is 6.04 Å². The van der Waals surface area contributed by atoms with Crippen LogP contribution in [0.5, 0.6) is 5.75 Å². The molecule has 0 aliphatic rings. The fraction of sp³-hybridized carbons (Fsp3) is 0.417. The number of nitrogens with one attached hydrogen (secondary N) is 1. The molecule has 2 amide bonds. The molecular formula is C24H31FN2O3. The van der Waals surface area contributed by atoms with Crippen LogP contribution >= 0.6 is 0 Å². The van der Waals surface area contributed by atoms with Gasteiger partial charge in [0.1, 0.15) is 17.6 Å². The van der Waals surface area contributed by atoms with Gasteiger partial charge in [-0.3, -0.25) is 9.59 Å². The Balaban J connectivity index is 2.15. The largest absolute Gasteiger partial charge is 0.484 e. The second kappa shape index (κ2) is 12.0. The van der Waals surface area contributed by atoms with Gasteiger partial charge in [0.15, 0.2) is 6.61 Å². The Morgan fingerprint density at radius 3 is 2.33 bits per heavy atom. The molecule has 0 saturated heterocycles. The highest BCUT2D eigenvalue weighted by Crippen LogP contribution is 2.15. The van der Waals surface area contributed by atoms with Crippen LogP contribution in [-0.4, -0.2) is 35.9 Å². The zero-order valence-corrected chi connectivity index (χ0v) is 18.0. The van der Waals surface area contributed by atoms with Gasteiger partial charge in [0.2, 0.25) is 5.91 Å². The van der Waals surface area contributed by atoms with Gasteiger partial charge in [-0.2, -0.15) is 0 Å². The highest BCUT2D eigenvalue weighted by atomic mass is 19.1. The van der Waals surface area contributed by atoms with Gasteiger partial charge in [-0.05, 0) is 49.6 Å². The van der Waals surface area contributed by atoms with E-state index in [0.717, 1.165) is 24.0 Å². The van der Waals surface area contributed by atoms with Crippen LogP contribution in [-0.2, 0) is 16.1 Å². The van der Waals surface area contributed by atoms with Crippen molar-refractivity contribution in [3.63, 3.8) is 0 Å². The molecule has 0 heterocycles. The Labute approximate surface area is 178 Å². The number of hydrogen-bond donors (Lipinski definition) is 1. The number of carbonyl (C=O) groups is 2. The molecule has 0 aliphatic carbocycles. The second-order valence-corrected chi connectivity index (χ2v) is 7.32. The summed E-state index contributed by atoms with van der Waals surface area (Å²) in [6.45, 7) is 6.50. The number of hydrogen-bond acceptors (Lipinski definition) is 3. The number of aryl methyl sites for hydroxylation is 1. The van der Waals surface area contributed by atoms with Gasteiger partial charge in [-0.15, -0.1) is 0 Å². The third kappa shape index (κ3) is 7.17. The van der Waals surface area contributed by atoms with Crippen molar-refractivity contribution in [3.8, 4) is 5.75 Å². The second-order valence-electron chi connectivity index (χ2n) is 7.32. The average molecular weight is 415 g/mol. The van der Waals surface area contributed by atoms with Crippen LogP contribution in [0.4, 0.5) is 4.39 Å². The lowest BCUT2D eigenvalue weighted by molar-refractivity contribution is -0.143. The third-order valence-corrected chi connectivity index (χ3v) is 4.86. The molecule has 0 fully saturated rings. The number of amides is 2. The molecule has 5 nitrogen and oxygen atoms in total. The topological polar surface area (TPSA) is 58.6 Å². The van der Waals surface area contributed by atoms with Crippen molar-refractivity contribution in [1.29, 1.82) is 0 Å². The summed E-state index contributed by atoms with van der Waals surface area (Å²) in [5, 5.41) is 2.91. The van der Waals surface area contributed by atoms with Gasteiger partial charge < -0.3 is 15.0 Å². The smallest absolute Gasteiger partial charge is 0.261 e. The van der Waals surface area contributed by atoms with Gasteiger partial charge in [-0.25, -0.2) is 4.39 Å². The predicted molar refractivity (Wildman–Crippen MR) is 116 cm³/mol. The number of benzene rings is 2. The summed E-state index contributed by atoms with van der Waals surface area (Å²) < 4.78 is 18.9. The molecule has 162 valence electrons. The summed E-state index contributed by atoms with van der Waals surface area (Å²) >= 11 is 0. The van der Waals surface area contributed by atoms with Gasteiger partial charge in [0.25, 0.3) is 5.91 Å². The zero-order chi connectivity index (χ0) is 21.9. The van der Waals surface area contributed by atoms with Crippen molar-refractivity contribution >= 4 is 11.8 Å². The highest BCUT2D eigenvalue weighted by molar-refractivity contribution is 5.88. The van der Waals surface area contributed by atoms with Gasteiger partial charge in [0.05, 0.1) is 0 Å². The first-order valence-electron chi connectivity index (χ1n) is 10.5. The van der Waals surface area contributed by atoms with Gasteiger partial charge in [0, 0.05) is 13.1 Å². The third-order valence-electron chi connectivity index (χ3n) is 4.86. The lowest BCUT2D eigenvalue weighted by atomic mass is 10.1. The van der Waals surface area contributed by atoms with Crippen LogP contribution in [0.25, 0.3) is 0 Å². The molecule has 2 aromatic carbocycles. The van der Waals surface area contributed by atoms with E-state index in [1.54, 1.807) is 12.1 Å². The Bertz CT molecular complexity index is 806. The molecular weight excluding hydrogens is 383 g/mol. The van der Waals surface area contributed by atoms with Crippen molar-refractivity contribution in [3.05, 3.63) is 65.5 Å². The van der Waals surface area contributed by atoms with Crippen molar-refractivity contribution in [1.82, 2.24) is 10.2 Å². The maximum atomic E-state index is 13.3. The molecule has 1 atom stereocenters. The van der Waals surface area contributed by atoms with Crippen LogP contribution in [0.3, 0.4) is 0 Å². The highest BCUT2D eigenvalue weighted by Gasteiger charge is 2.28. The SMILES string of the molecule is CCCCNC(=O)[C@H](CC)N(Cc1ccc(F)cc1)C(=O)COc1ccc(C)cc1. The summed E-state index contributed by atoms with van der Waals surface area (Å²) in [4.78, 5) is 27.3. The Hall–Kier alpha value is -2.89. The number of rotatable bonds is 11. The minimum atomic E-state index is -0.624.